The minimum atomic E-state index is 0.0409. The summed E-state index contributed by atoms with van der Waals surface area (Å²) in [5, 5.41) is 0. The Balaban J connectivity index is 1.94. The van der Waals surface area contributed by atoms with Gasteiger partial charge < -0.3 is 9.64 Å². The number of rotatable bonds is 2. The van der Waals surface area contributed by atoms with Gasteiger partial charge in [-0.1, -0.05) is 36.4 Å². The van der Waals surface area contributed by atoms with Crippen LogP contribution in [0.1, 0.15) is 18.1 Å². The smallest absolute Gasteiger partial charge is 0.224 e. The fraction of sp³-hybridized carbons (Fsp3) is 0.278. The molecule has 108 valence electrons. The van der Waals surface area contributed by atoms with Crippen LogP contribution in [0.15, 0.2) is 48.5 Å². The molecule has 2 aromatic rings. The van der Waals surface area contributed by atoms with Gasteiger partial charge in [-0.2, -0.15) is 0 Å². The standard InChI is InChI=1S/C18H19NO2/c1-13-8-9-18-17(10-13)19(14(2)20)16(12-21-18)11-15-6-4-3-5-7-15/h3-10,16H,11-12H2,1-2H3/t16-/m1/s1. The Hall–Kier alpha value is -2.29. The molecule has 1 atom stereocenters. The molecule has 0 N–H and O–H groups in total. The van der Waals surface area contributed by atoms with Crippen molar-refractivity contribution in [2.75, 3.05) is 11.5 Å². The van der Waals surface area contributed by atoms with Gasteiger partial charge in [0.1, 0.15) is 12.4 Å². The molecule has 1 aliphatic rings. The van der Waals surface area contributed by atoms with Gasteiger partial charge in [0.05, 0.1) is 11.7 Å². The monoisotopic (exact) mass is 281 g/mol. The number of carbonyl (C=O) groups is 1. The van der Waals surface area contributed by atoms with Crippen LogP contribution in [0.5, 0.6) is 5.75 Å². The lowest BCUT2D eigenvalue weighted by Gasteiger charge is -2.36. The van der Waals surface area contributed by atoms with E-state index in [-0.39, 0.29) is 11.9 Å². The first-order valence-electron chi connectivity index (χ1n) is 7.22. The number of fused-ring (bicyclic) bond motifs is 1. The number of hydrogen-bond donors (Lipinski definition) is 0. The van der Waals surface area contributed by atoms with E-state index in [4.69, 9.17) is 4.74 Å². The molecule has 1 amide bonds. The lowest BCUT2D eigenvalue weighted by Crippen LogP contribution is -2.47. The van der Waals surface area contributed by atoms with Crippen molar-refractivity contribution in [3.8, 4) is 5.75 Å². The van der Waals surface area contributed by atoms with Crippen molar-refractivity contribution in [3.05, 3.63) is 59.7 Å². The zero-order valence-electron chi connectivity index (χ0n) is 12.4. The Morgan fingerprint density at radius 1 is 1.24 bits per heavy atom. The van der Waals surface area contributed by atoms with E-state index in [9.17, 15) is 4.79 Å². The maximum Gasteiger partial charge on any atom is 0.224 e. The molecular weight excluding hydrogens is 262 g/mol. The molecule has 21 heavy (non-hydrogen) atoms. The summed E-state index contributed by atoms with van der Waals surface area (Å²) in [7, 11) is 0. The van der Waals surface area contributed by atoms with Crippen LogP contribution >= 0.6 is 0 Å². The molecule has 1 heterocycles. The summed E-state index contributed by atoms with van der Waals surface area (Å²) in [6, 6.07) is 16.2. The normalized spacial score (nSPS) is 17.0. The minimum absolute atomic E-state index is 0.0409. The predicted molar refractivity (Wildman–Crippen MR) is 83.8 cm³/mol. The summed E-state index contributed by atoms with van der Waals surface area (Å²) in [6.07, 6.45) is 0.799. The second-order valence-corrected chi connectivity index (χ2v) is 5.51. The topological polar surface area (TPSA) is 29.5 Å². The van der Waals surface area contributed by atoms with Gasteiger partial charge >= 0.3 is 0 Å². The van der Waals surface area contributed by atoms with Crippen LogP contribution in [0.2, 0.25) is 0 Å². The maximum atomic E-state index is 12.1. The van der Waals surface area contributed by atoms with Crippen molar-refractivity contribution >= 4 is 11.6 Å². The fourth-order valence-corrected chi connectivity index (χ4v) is 2.86. The molecule has 2 aromatic carbocycles. The third-order valence-electron chi connectivity index (χ3n) is 3.82. The second-order valence-electron chi connectivity index (χ2n) is 5.51. The molecule has 3 nitrogen and oxygen atoms in total. The molecule has 0 aliphatic carbocycles. The Bertz CT molecular complexity index is 652. The molecule has 3 rings (SSSR count). The minimum Gasteiger partial charge on any atom is -0.489 e. The Kier molecular flexibility index (Phi) is 3.65. The van der Waals surface area contributed by atoms with Gasteiger partial charge in [0.2, 0.25) is 5.91 Å². The Morgan fingerprint density at radius 3 is 2.71 bits per heavy atom. The predicted octanol–water partition coefficient (Wildman–Crippen LogP) is 3.35. The van der Waals surface area contributed by atoms with E-state index < -0.39 is 0 Å². The molecule has 0 saturated carbocycles. The summed E-state index contributed by atoms with van der Waals surface area (Å²) >= 11 is 0. The van der Waals surface area contributed by atoms with Crippen LogP contribution in [0.25, 0.3) is 0 Å². The summed E-state index contributed by atoms with van der Waals surface area (Å²) in [5.41, 5.74) is 3.23. The van der Waals surface area contributed by atoms with Crippen molar-refractivity contribution in [1.82, 2.24) is 0 Å². The van der Waals surface area contributed by atoms with E-state index in [1.54, 1.807) is 6.92 Å². The van der Waals surface area contributed by atoms with Crippen LogP contribution in [-0.4, -0.2) is 18.6 Å². The number of amides is 1. The molecule has 0 fully saturated rings. The molecule has 0 unspecified atom stereocenters. The van der Waals surface area contributed by atoms with Crippen LogP contribution in [0, 0.1) is 6.92 Å². The van der Waals surface area contributed by atoms with E-state index in [0.717, 1.165) is 23.4 Å². The number of carbonyl (C=O) groups excluding carboxylic acids is 1. The number of hydrogen-bond acceptors (Lipinski definition) is 2. The number of ether oxygens (including phenoxy) is 1. The summed E-state index contributed by atoms with van der Waals surface area (Å²) in [5.74, 6) is 0.853. The molecule has 0 saturated heterocycles. The van der Waals surface area contributed by atoms with Crippen molar-refractivity contribution in [1.29, 1.82) is 0 Å². The van der Waals surface area contributed by atoms with Crippen LogP contribution in [-0.2, 0) is 11.2 Å². The van der Waals surface area contributed by atoms with Crippen LogP contribution < -0.4 is 9.64 Å². The van der Waals surface area contributed by atoms with Gasteiger partial charge in [-0.3, -0.25) is 4.79 Å². The zero-order chi connectivity index (χ0) is 14.8. The van der Waals surface area contributed by atoms with Gasteiger partial charge in [-0.15, -0.1) is 0 Å². The average molecular weight is 281 g/mol. The number of nitrogens with zero attached hydrogens (tertiary/aromatic N) is 1. The zero-order valence-corrected chi connectivity index (χ0v) is 12.4. The highest BCUT2D eigenvalue weighted by Crippen LogP contribution is 2.35. The first-order valence-corrected chi connectivity index (χ1v) is 7.22. The highest BCUT2D eigenvalue weighted by atomic mass is 16.5. The Morgan fingerprint density at radius 2 is 2.00 bits per heavy atom. The van der Waals surface area contributed by atoms with E-state index >= 15 is 0 Å². The molecule has 0 bridgehead atoms. The summed E-state index contributed by atoms with van der Waals surface area (Å²) < 4.78 is 5.85. The van der Waals surface area contributed by atoms with E-state index in [1.807, 2.05) is 48.2 Å². The first-order chi connectivity index (χ1) is 10.1. The van der Waals surface area contributed by atoms with Crippen LogP contribution in [0.3, 0.4) is 0 Å². The highest BCUT2D eigenvalue weighted by molar-refractivity contribution is 5.94. The molecule has 0 radical (unpaired) electrons. The lowest BCUT2D eigenvalue weighted by atomic mass is 10.0. The third kappa shape index (κ3) is 2.77. The SMILES string of the molecule is CC(=O)N1c2cc(C)ccc2OC[C@H]1Cc1ccccc1. The molecule has 3 heteroatoms. The summed E-state index contributed by atoms with van der Waals surface area (Å²) in [4.78, 5) is 14.0. The highest BCUT2D eigenvalue weighted by Gasteiger charge is 2.30. The van der Waals surface area contributed by atoms with E-state index in [1.165, 1.54) is 5.56 Å². The van der Waals surface area contributed by atoms with E-state index in [2.05, 4.69) is 12.1 Å². The fourth-order valence-electron chi connectivity index (χ4n) is 2.86. The van der Waals surface area contributed by atoms with Gasteiger partial charge in [0, 0.05) is 6.92 Å². The van der Waals surface area contributed by atoms with Gasteiger partial charge in [0.25, 0.3) is 0 Å². The van der Waals surface area contributed by atoms with Gasteiger partial charge in [-0.05, 0) is 36.6 Å². The first kappa shape index (κ1) is 13.7. The van der Waals surface area contributed by atoms with Crippen molar-refractivity contribution in [3.63, 3.8) is 0 Å². The van der Waals surface area contributed by atoms with Gasteiger partial charge in [-0.25, -0.2) is 0 Å². The van der Waals surface area contributed by atoms with Crippen molar-refractivity contribution < 1.29 is 9.53 Å². The number of anilines is 1. The quantitative estimate of drug-likeness (QED) is 0.845. The van der Waals surface area contributed by atoms with Crippen molar-refractivity contribution in [2.24, 2.45) is 0 Å². The summed E-state index contributed by atoms with van der Waals surface area (Å²) in [6.45, 7) is 4.18. The molecule has 0 aromatic heterocycles. The molecule has 1 aliphatic heterocycles. The van der Waals surface area contributed by atoms with Gasteiger partial charge in [0.15, 0.2) is 0 Å². The molecule has 0 spiro atoms. The largest absolute Gasteiger partial charge is 0.489 e. The third-order valence-corrected chi connectivity index (χ3v) is 3.82. The maximum absolute atomic E-state index is 12.1. The van der Waals surface area contributed by atoms with E-state index in [0.29, 0.717) is 6.61 Å². The van der Waals surface area contributed by atoms with Crippen molar-refractivity contribution in [2.45, 2.75) is 26.3 Å². The number of aryl methyl sites for hydroxylation is 1. The molecular formula is C18H19NO2. The van der Waals surface area contributed by atoms with Crippen LogP contribution in [0.4, 0.5) is 5.69 Å². The Labute approximate surface area is 125 Å². The second kappa shape index (κ2) is 5.60. The number of benzene rings is 2. The lowest BCUT2D eigenvalue weighted by molar-refractivity contribution is -0.117. The average Bonchev–Trinajstić information content (AvgIpc) is 2.47.